The van der Waals surface area contributed by atoms with E-state index < -0.39 is 5.82 Å². The fourth-order valence-electron chi connectivity index (χ4n) is 3.83. The Morgan fingerprint density at radius 1 is 1.15 bits per heavy atom. The lowest BCUT2D eigenvalue weighted by Crippen LogP contribution is -2.43. The highest BCUT2D eigenvalue weighted by Gasteiger charge is 2.29. The van der Waals surface area contributed by atoms with Crippen LogP contribution >= 0.6 is 11.3 Å². The van der Waals surface area contributed by atoms with Crippen molar-refractivity contribution in [1.29, 1.82) is 0 Å². The van der Waals surface area contributed by atoms with Gasteiger partial charge < -0.3 is 19.7 Å². The number of ether oxygens (including phenoxy) is 2. The first kappa shape index (κ1) is 22.7. The van der Waals surface area contributed by atoms with Gasteiger partial charge in [-0.25, -0.2) is 9.37 Å². The normalized spacial score (nSPS) is 15.7. The molecule has 2 amide bonds. The molecule has 1 atom stereocenters. The van der Waals surface area contributed by atoms with Crippen LogP contribution in [-0.4, -0.2) is 49.0 Å². The van der Waals surface area contributed by atoms with Crippen molar-refractivity contribution in [2.75, 3.05) is 32.6 Å². The van der Waals surface area contributed by atoms with Crippen LogP contribution in [0.25, 0.3) is 11.3 Å². The van der Waals surface area contributed by atoms with Crippen molar-refractivity contribution in [3.63, 3.8) is 0 Å². The molecular formula is C24H24FN3O4S. The van der Waals surface area contributed by atoms with E-state index in [1.807, 2.05) is 11.4 Å². The van der Waals surface area contributed by atoms with Crippen LogP contribution < -0.4 is 14.8 Å². The molecule has 33 heavy (non-hydrogen) atoms. The van der Waals surface area contributed by atoms with Crippen LogP contribution in [0, 0.1) is 11.7 Å². The highest BCUT2D eigenvalue weighted by Crippen LogP contribution is 2.35. The molecule has 1 aromatic heterocycles. The third kappa shape index (κ3) is 5.14. The largest absolute Gasteiger partial charge is 0.497 e. The van der Waals surface area contributed by atoms with Crippen molar-refractivity contribution in [3.8, 4) is 22.8 Å². The van der Waals surface area contributed by atoms with Gasteiger partial charge >= 0.3 is 0 Å². The number of piperidine rings is 1. The minimum atomic E-state index is -0.392. The Hall–Kier alpha value is -3.46. The van der Waals surface area contributed by atoms with Crippen molar-refractivity contribution in [3.05, 3.63) is 59.2 Å². The number of anilines is 1. The summed E-state index contributed by atoms with van der Waals surface area (Å²) >= 11 is 1.32. The number of methoxy groups -OCH3 is 2. The Morgan fingerprint density at radius 2 is 1.94 bits per heavy atom. The van der Waals surface area contributed by atoms with Crippen molar-refractivity contribution in [1.82, 2.24) is 9.88 Å². The zero-order chi connectivity index (χ0) is 23.4. The summed E-state index contributed by atoms with van der Waals surface area (Å²) in [6.07, 6.45) is 1.40. The van der Waals surface area contributed by atoms with Gasteiger partial charge in [-0.3, -0.25) is 9.59 Å². The molecule has 0 radical (unpaired) electrons. The van der Waals surface area contributed by atoms with Gasteiger partial charge in [-0.05, 0) is 55.3 Å². The quantitative estimate of drug-likeness (QED) is 0.577. The number of thiazole rings is 1. The van der Waals surface area contributed by atoms with Gasteiger partial charge in [-0.1, -0.05) is 0 Å². The molecule has 0 spiro atoms. The maximum Gasteiger partial charge on any atom is 0.253 e. The minimum absolute atomic E-state index is 0.176. The number of carbonyl (C=O) groups excluding carboxylic acids is 2. The van der Waals surface area contributed by atoms with Crippen LogP contribution in [0.4, 0.5) is 9.52 Å². The summed E-state index contributed by atoms with van der Waals surface area (Å²) in [6.45, 7) is 0.876. The second-order valence-electron chi connectivity index (χ2n) is 7.69. The molecule has 2 heterocycles. The molecule has 1 aliphatic heterocycles. The second-order valence-corrected chi connectivity index (χ2v) is 8.55. The highest BCUT2D eigenvalue weighted by molar-refractivity contribution is 7.14. The zero-order valence-electron chi connectivity index (χ0n) is 18.3. The Balaban J connectivity index is 1.43. The Morgan fingerprint density at radius 3 is 2.67 bits per heavy atom. The molecule has 3 aromatic rings. The summed E-state index contributed by atoms with van der Waals surface area (Å²) in [5.74, 6) is 0.219. The predicted octanol–water partition coefficient (Wildman–Crippen LogP) is 4.46. The number of amides is 2. The average Bonchev–Trinajstić information content (AvgIpc) is 3.32. The molecule has 1 saturated heterocycles. The summed E-state index contributed by atoms with van der Waals surface area (Å²) in [6, 6.07) is 10.9. The first-order valence-corrected chi connectivity index (χ1v) is 11.4. The van der Waals surface area contributed by atoms with Crippen molar-refractivity contribution in [2.45, 2.75) is 12.8 Å². The van der Waals surface area contributed by atoms with Gasteiger partial charge in [-0.2, -0.15) is 0 Å². The number of nitrogens with zero attached hydrogens (tertiary/aromatic N) is 2. The van der Waals surface area contributed by atoms with E-state index in [4.69, 9.17) is 9.47 Å². The Labute approximate surface area is 195 Å². The lowest BCUT2D eigenvalue weighted by Gasteiger charge is -2.32. The molecule has 9 heteroatoms. The van der Waals surface area contributed by atoms with Crippen molar-refractivity contribution in [2.24, 2.45) is 5.92 Å². The summed E-state index contributed by atoms with van der Waals surface area (Å²) in [4.78, 5) is 31.9. The van der Waals surface area contributed by atoms with Crippen LogP contribution in [0.2, 0.25) is 0 Å². The van der Waals surface area contributed by atoms with Gasteiger partial charge in [0, 0.05) is 29.6 Å². The predicted molar refractivity (Wildman–Crippen MR) is 124 cm³/mol. The molecule has 0 aliphatic carbocycles. The fraction of sp³-hybridized carbons (Fsp3) is 0.292. The number of halogens is 1. The van der Waals surface area contributed by atoms with E-state index in [1.54, 1.807) is 31.3 Å². The third-order valence-electron chi connectivity index (χ3n) is 5.59. The van der Waals surface area contributed by atoms with E-state index in [-0.39, 0.29) is 17.7 Å². The number of aromatic nitrogens is 1. The number of hydrogen-bond donors (Lipinski definition) is 1. The highest BCUT2D eigenvalue weighted by atomic mass is 32.1. The SMILES string of the molecule is COc1ccc(OC)c(-c2csc(NC(=O)C3CCCN(C(=O)c4ccc(F)cc4)C3)n2)c1. The Kier molecular flexibility index (Phi) is 6.88. The number of likely N-dealkylation sites (tertiary alicyclic amines) is 1. The van der Waals surface area contributed by atoms with Gasteiger partial charge in [-0.15, -0.1) is 11.3 Å². The lowest BCUT2D eigenvalue weighted by molar-refractivity contribution is -0.121. The monoisotopic (exact) mass is 469 g/mol. The van der Waals surface area contributed by atoms with E-state index in [2.05, 4.69) is 10.3 Å². The van der Waals surface area contributed by atoms with Gasteiger partial charge in [0.05, 0.1) is 25.8 Å². The maximum atomic E-state index is 13.2. The van der Waals surface area contributed by atoms with Gasteiger partial charge in [0.1, 0.15) is 17.3 Å². The molecule has 4 rings (SSSR count). The number of hydrogen-bond acceptors (Lipinski definition) is 6. The topological polar surface area (TPSA) is 80.8 Å². The van der Waals surface area contributed by atoms with Crippen LogP contribution in [0.3, 0.4) is 0 Å². The minimum Gasteiger partial charge on any atom is -0.497 e. The van der Waals surface area contributed by atoms with Gasteiger partial charge in [0.2, 0.25) is 5.91 Å². The molecule has 1 unspecified atom stereocenters. The summed E-state index contributed by atoms with van der Waals surface area (Å²) < 4.78 is 23.9. The molecule has 2 aromatic carbocycles. The molecular weight excluding hydrogens is 445 g/mol. The number of rotatable bonds is 6. The second kappa shape index (κ2) is 9.99. The molecule has 1 aliphatic rings. The first-order valence-electron chi connectivity index (χ1n) is 10.5. The van der Waals surface area contributed by atoms with Crippen LogP contribution in [0.15, 0.2) is 47.8 Å². The van der Waals surface area contributed by atoms with Crippen LogP contribution in [-0.2, 0) is 4.79 Å². The molecule has 0 saturated carbocycles. The molecule has 1 N–H and O–H groups in total. The number of nitrogens with one attached hydrogen (secondary N) is 1. The fourth-order valence-corrected chi connectivity index (χ4v) is 4.54. The standard InChI is InChI=1S/C24H24FN3O4S/c1-31-18-9-10-21(32-2)19(12-18)20-14-33-24(26-20)27-22(29)16-4-3-11-28(13-16)23(30)15-5-7-17(25)8-6-15/h5-10,12,14,16H,3-4,11,13H2,1-2H3,(H,26,27,29). The van der Waals surface area contributed by atoms with Crippen molar-refractivity contribution < 1.29 is 23.5 Å². The summed E-state index contributed by atoms with van der Waals surface area (Å²) in [7, 11) is 3.18. The molecule has 7 nitrogen and oxygen atoms in total. The first-order chi connectivity index (χ1) is 16.0. The molecule has 0 bridgehead atoms. The van der Waals surface area contributed by atoms with E-state index in [0.717, 1.165) is 12.0 Å². The third-order valence-corrected chi connectivity index (χ3v) is 6.35. The van der Waals surface area contributed by atoms with Gasteiger partial charge in [0.25, 0.3) is 5.91 Å². The van der Waals surface area contributed by atoms with Gasteiger partial charge in [0.15, 0.2) is 5.13 Å². The van der Waals surface area contributed by atoms with Crippen LogP contribution in [0.5, 0.6) is 11.5 Å². The summed E-state index contributed by atoms with van der Waals surface area (Å²) in [5, 5.41) is 5.20. The van der Waals surface area contributed by atoms with Crippen molar-refractivity contribution >= 4 is 28.3 Å². The Bertz CT molecular complexity index is 1150. The maximum absolute atomic E-state index is 13.2. The average molecular weight is 470 g/mol. The smallest absolute Gasteiger partial charge is 0.253 e. The summed E-state index contributed by atoms with van der Waals surface area (Å²) in [5.41, 5.74) is 1.85. The molecule has 172 valence electrons. The van der Waals surface area contributed by atoms with E-state index in [1.165, 1.54) is 35.6 Å². The van der Waals surface area contributed by atoms with E-state index in [9.17, 15) is 14.0 Å². The lowest BCUT2D eigenvalue weighted by atomic mass is 9.96. The number of benzene rings is 2. The van der Waals surface area contributed by atoms with E-state index >= 15 is 0 Å². The van der Waals surface area contributed by atoms with E-state index in [0.29, 0.717) is 47.4 Å². The zero-order valence-corrected chi connectivity index (χ0v) is 19.2. The van der Waals surface area contributed by atoms with Crippen LogP contribution in [0.1, 0.15) is 23.2 Å². The molecule has 1 fully saturated rings. The number of carbonyl (C=O) groups is 2.